The zero-order chi connectivity index (χ0) is 14.5. The predicted octanol–water partition coefficient (Wildman–Crippen LogP) is 1.78. The van der Waals surface area contributed by atoms with Crippen molar-refractivity contribution in [2.24, 2.45) is 0 Å². The number of carbonyl (C=O) groups is 2. The molecule has 1 N–H and O–H groups in total. The Balaban J connectivity index is 2.15. The van der Waals surface area contributed by atoms with E-state index in [0.717, 1.165) is 11.3 Å². The number of rotatable bonds is 4. The average molecular weight is 276 g/mol. The van der Waals surface area contributed by atoms with E-state index in [1.807, 2.05) is 31.2 Å². The Kier molecular flexibility index (Phi) is 4.74. The van der Waals surface area contributed by atoms with Crippen molar-refractivity contribution in [2.75, 3.05) is 18.5 Å². The minimum absolute atomic E-state index is 0.0576. The largest absolute Gasteiger partial charge is 0.381 e. The Hall–Kier alpha value is -1.88. The van der Waals surface area contributed by atoms with Crippen molar-refractivity contribution < 1.29 is 14.3 Å². The Morgan fingerprint density at radius 2 is 2.20 bits per heavy atom. The smallest absolute Gasteiger partial charge is 0.246 e. The summed E-state index contributed by atoms with van der Waals surface area (Å²) < 4.78 is 5.21. The van der Waals surface area contributed by atoms with Crippen molar-refractivity contribution in [3.05, 3.63) is 29.8 Å². The van der Waals surface area contributed by atoms with Crippen LogP contribution in [0.15, 0.2) is 24.3 Å². The maximum absolute atomic E-state index is 12.3. The quantitative estimate of drug-likeness (QED) is 0.853. The van der Waals surface area contributed by atoms with Crippen molar-refractivity contribution in [1.82, 2.24) is 4.90 Å². The Morgan fingerprint density at radius 1 is 1.45 bits per heavy atom. The molecule has 0 spiro atoms. The zero-order valence-corrected chi connectivity index (χ0v) is 11.9. The molecule has 0 saturated carbocycles. The first kappa shape index (κ1) is 14.5. The maximum Gasteiger partial charge on any atom is 0.246 e. The monoisotopic (exact) mass is 276 g/mol. The van der Waals surface area contributed by atoms with Gasteiger partial charge in [-0.3, -0.25) is 9.59 Å². The van der Waals surface area contributed by atoms with Gasteiger partial charge in [-0.25, -0.2) is 0 Å². The van der Waals surface area contributed by atoms with Gasteiger partial charge in [0, 0.05) is 18.8 Å². The van der Waals surface area contributed by atoms with Crippen LogP contribution in [-0.4, -0.2) is 36.0 Å². The molecule has 1 heterocycles. The van der Waals surface area contributed by atoms with Crippen LogP contribution in [0.2, 0.25) is 0 Å². The van der Waals surface area contributed by atoms with E-state index < -0.39 is 6.04 Å². The van der Waals surface area contributed by atoms with Gasteiger partial charge in [0.1, 0.15) is 6.04 Å². The highest BCUT2D eigenvalue weighted by molar-refractivity contribution is 5.98. The van der Waals surface area contributed by atoms with Crippen LogP contribution in [0.4, 0.5) is 5.69 Å². The van der Waals surface area contributed by atoms with E-state index in [0.29, 0.717) is 26.2 Å². The van der Waals surface area contributed by atoms with Crippen LogP contribution < -0.4 is 5.32 Å². The van der Waals surface area contributed by atoms with E-state index in [2.05, 4.69) is 5.32 Å². The van der Waals surface area contributed by atoms with Gasteiger partial charge in [-0.15, -0.1) is 0 Å². The van der Waals surface area contributed by atoms with Crippen LogP contribution >= 0.6 is 0 Å². The molecule has 1 aliphatic rings. The number of nitrogens with one attached hydrogen (secondary N) is 1. The number of carbonyl (C=O) groups excluding carboxylic acids is 2. The molecule has 1 atom stereocenters. The SMILES string of the molecule is CCOCCC(=O)N1Cc2ccccc2NC(=O)C1C. The first-order valence-corrected chi connectivity index (χ1v) is 6.89. The first-order valence-electron chi connectivity index (χ1n) is 6.89. The highest BCUT2D eigenvalue weighted by Crippen LogP contribution is 2.23. The molecule has 5 nitrogen and oxygen atoms in total. The topological polar surface area (TPSA) is 58.6 Å². The van der Waals surface area contributed by atoms with Crippen LogP contribution in [0, 0.1) is 0 Å². The van der Waals surface area contributed by atoms with Crippen molar-refractivity contribution in [3.63, 3.8) is 0 Å². The van der Waals surface area contributed by atoms with Gasteiger partial charge < -0.3 is 15.0 Å². The fourth-order valence-electron chi connectivity index (χ4n) is 2.23. The molecule has 108 valence electrons. The van der Waals surface area contributed by atoms with E-state index in [9.17, 15) is 9.59 Å². The minimum atomic E-state index is -0.475. The Bertz CT molecular complexity index is 502. The van der Waals surface area contributed by atoms with Crippen molar-refractivity contribution in [2.45, 2.75) is 32.9 Å². The molecule has 1 unspecified atom stereocenters. The van der Waals surface area contributed by atoms with E-state index in [-0.39, 0.29) is 11.8 Å². The van der Waals surface area contributed by atoms with E-state index in [1.54, 1.807) is 11.8 Å². The second-order valence-electron chi connectivity index (χ2n) is 4.79. The molecule has 1 aliphatic heterocycles. The molecule has 1 aromatic carbocycles. The third-order valence-electron chi connectivity index (χ3n) is 3.45. The van der Waals surface area contributed by atoms with Gasteiger partial charge in [0.05, 0.1) is 13.0 Å². The summed E-state index contributed by atoms with van der Waals surface area (Å²) in [7, 11) is 0. The number of para-hydroxylation sites is 1. The minimum Gasteiger partial charge on any atom is -0.381 e. The molecule has 0 fully saturated rings. The number of nitrogens with zero attached hydrogens (tertiary/aromatic N) is 1. The molecule has 0 bridgehead atoms. The molecule has 2 amide bonds. The maximum atomic E-state index is 12.3. The lowest BCUT2D eigenvalue weighted by molar-refractivity contribution is -0.139. The second-order valence-corrected chi connectivity index (χ2v) is 4.79. The van der Waals surface area contributed by atoms with Crippen LogP contribution in [-0.2, 0) is 20.9 Å². The van der Waals surface area contributed by atoms with Gasteiger partial charge in [-0.2, -0.15) is 0 Å². The number of hydrogen-bond donors (Lipinski definition) is 1. The lowest BCUT2D eigenvalue weighted by Crippen LogP contribution is -2.43. The molecule has 20 heavy (non-hydrogen) atoms. The molecule has 0 aromatic heterocycles. The zero-order valence-electron chi connectivity index (χ0n) is 11.9. The number of ether oxygens (including phenoxy) is 1. The second kappa shape index (κ2) is 6.52. The molecular weight excluding hydrogens is 256 g/mol. The van der Waals surface area contributed by atoms with E-state index in [1.165, 1.54) is 0 Å². The summed E-state index contributed by atoms with van der Waals surface area (Å²) in [6, 6.07) is 7.08. The van der Waals surface area contributed by atoms with Crippen LogP contribution in [0.25, 0.3) is 0 Å². The molecule has 1 aromatic rings. The fourth-order valence-corrected chi connectivity index (χ4v) is 2.23. The number of hydrogen-bond acceptors (Lipinski definition) is 3. The van der Waals surface area contributed by atoms with Crippen molar-refractivity contribution in [1.29, 1.82) is 0 Å². The summed E-state index contributed by atoms with van der Waals surface area (Å²) in [5, 5.41) is 2.86. The number of benzene rings is 1. The Morgan fingerprint density at radius 3 is 2.95 bits per heavy atom. The summed E-state index contributed by atoms with van der Waals surface area (Å²) in [4.78, 5) is 26.0. The lowest BCUT2D eigenvalue weighted by atomic mass is 10.1. The fraction of sp³-hybridized carbons (Fsp3) is 0.467. The van der Waals surface area contributed by atoms with Crippen LogP contribution in [0.5, 0.6) is 0 Å². The third-order valence-corrected chi connectivity index (χ3v) is 3.45. The summed E-state index contributed by atoms with van der Waals surface area (Å²) >= 11 is 0. The molecule has 2 rings (SSSR count). The summed E-state index contributed by atoms with van der Waals surface area (Å²) in [6.07, 6.45) is 0.299. The van der Waals surface area contributed by atoms with Gasteiger partial charge in [0.2, 0.25) is 11.8 Å². The third kappa shape index (κ3) is 3.17. The number of fused-ring (bicyclic) bond motifs is 1. The molecular formula is C15H20N2O3. The predicted molar refractivity (Wildman–Crippen MR) is 76.2 cm³/mol. The number of anilines is 1. The van der Waals surface area contributed by atoms with E-state index >= 15 is 0 Å². The summed E-state index contributed by atoms with van der Waals surface area (Å²) in [6.45, 7) is 5.07. The highest BCUT2D eigenvalue weighted by atomic mass is 16.5. The van der Waals surface area contributed by atoms with Gasteiger partial charge >= 0.3 is 0 Å². The standard InChI is InChI=1S/C15H20N2O3/c1-3-20-9-8-14(18)17-10-12-6-4-5-7-13(12)16-15(19)11(17)2/h4-7,11H,3,8-10H2,1-2H3,(H,16,19). The van der Waals surface area contributed by atoms with Crippen LogP contribution in [0.1, 0.15) is 25.8 Å². The number of amides is 2. The molecule has 0 saturated heterocycles. The van der Waals surface area contributed by atoms with Gasteiger partial charge in [-0.05, 0) is 25.5 Å². The summed E-state index contributed by atoms with van der Waals surface area (Å²) in [5.74, 6) is -0.211. The normalized spacial score (nSPS) is 18.2. The lowest BCUT2D eigenvalue weighted by Gasteiger charge is -2.25. The van der Waals surface area contributed by atoms with Crippen molar-refractivity contribution >= 4 is 17.5 Å². The van der Waals surface area contributed by atoms with Crippen LogP contribution in [0.3, 0.4) is 0 Å². The van der Waals surface area contributed by atoms with Crippen molar-refractivity contribution in [3.8, 4) is 0 Å². The molecule has 5 heteroatoms. The van der Waals surface area contributed by atoms with E-state index in [4.69, 9.17) is 4.74 Å². The first-order chi connectivity index (χ1) is 9.63. The van der Waals surface area contributed by atoms with Gasteiger partial charge in [0.15, 0.2) is 0 Å². The molecule has 0 radical (unpaired) electrons. The van der Waals surface area contributed by atoms with Gasteiger partial charge in [0.25, 0.3) is 0 Å². The highest BCUT2D eigenvalue weighted by Gasteiger charge is 2.29. The Labute approximate surface area is 118 Å². The average Bonchev–Trinajstić information content (AvgIpc) is 2.57. The van der Waals surface area contributed by atoms with Gasteiger partial charge in [-0.1, -0.05) is 18.2 Å². The molecule has 0 aliphatic carbocycles. The summed E-state index contributed by atoms with van der Waals surface area (Å²) in [5.41, 5.74) is 1.74.